The van der Waals surface area contributed by atoms with E-state index in [4.69, 9.17) is 10.7 Å². The quantitative estimate of drug-likeness (QED) is 0.829. The largest absolute Gasteiger partial charge is 0.399 e. The fourth-order valence-electron chi connectivity index (χ4n) is 2.05. The van der Waals surface area contributed by atoms with Crippen molar-refractivity contribution < 1.29 is 0 Å². The van der Waals surface area contributed by atoms with Gasteiger partial charge in [-0.15, -0.1) is 0 Å². The van der Waals surface area contributed by atoms with Crippen LogP contribution in [0.2, 0.25) is 0 Å². The van der Waals surface area contributed by atoms with Gasteiger partial charge in [-0.2, -0.15) is 11.8 Å². The molecule has 0 aliphatic heterocycles. The number of aryl methyl sites for hydroxylation is 2. The minimum Gasteiger partial charge on any atom is -0.399 e. The molecule has 2 rings (SSSR count). The molecular weight excluding hydrogens is 230 g/mol. The molecule has 0 saturated carbocycles. The molecule has 4 heteroatoms. The van der Waals surface area contributed by atoms with Crippen LogP contribution in [0.15, 0.2) is 18.2 Å². The number of benzene rings is 1. The van der Waals surface area contributed by atoms with Crippen LogP contribution in [0.3, 0.4) is 0 Å². The lowest BCUT2D eigenvalue weighted by atomic mass is 10.3. The topological polar surface area (TPSA) is 43.8 Å². The zero-order valence-electron chi connectivity index (χ0n) is 10.4. The molecule has 0 aliphatic rings. The van der Waals surface area contributed by atoms with E-state index in [-0.39, 0.29) is 0 Å². The molecule has 3 nitrogen and oxygen atoms in total. The number of rotatable bonds is 5. The Morgan fingerprint density at radius 1 is 1.41 bits per heavy atom. The van der Waals surface area contributed by atoms with Gasteiger partial charge in [0.05, 0.1) is 11.0 Å². The Labute approximate surface area is 106 Å². The summed E-state index contributed by atoms with van der Waals surface area (Å²) in [6, 6.07) is 5.96. The lowest BCUT2D eigenvalue weighted by Crippen LogP contribution is -2.04. The summed E-state index contributed by atoms with van der Waals surface area (Å²) in [4.78, 5) is 4.70. The molecule has 1 heterocycles. The van der Waals surface area contributed by atoms with Gasteiger partial charge < -0.3 is 10.3 Å². The number of nitrogen functional groups attached to an aromatic ring is 1. The molecule has 1 aromatic heterocycles. The molecule has 92 valence electrons. The van der Waals surface area contributed by atoms with Crippen molar-refractivity contribution in [2.75, 3.05) is 17.7 Å². The molecule has 0 atom stereocenters. The molecular formula is C13H19N3S. The zero-order valence-corrected chi connectivity index (χ0v) is 11.3. The first-order chi connectivity index (χ1) is 8.26. The second-order valence-electron chi connectivity index (χ2n) is 4.17. The van der Waals surface area contributed by atoms with Crippen LogP contribution in [0.25, 0.3) is 11.0 Å². The summed E-state index contributed by atoms with van der Waals surface area (Å²) in [5.41, 5.74) is 8.89. The summed E-state index contributed by atoms with van der Waals surface area (Å²) in [5, 5.41) is 0. The maximum Gasteiger partial charge on any atom is 0.110 e. The zero-order chi connectivity index (χ0) is 12.3. The van der Waals surface area contributed by atoms with Crippen molar-refractivity contribution in [2.45, 2.75) is 26.3 Å². The second kappa shape index (κ2) is 5.45. The Morgan fingerprint density at radius 2 is 2.24 bits per heavy atom. The number of hydrogen-bond donors (Lipinski definition) is 1. The molecule has 0 amide bonds. The number of fused-ring (bicyclic) bond motifs is 1. The van der Waals surface area contributed by atoms with Crippen LogP contribution in [0, 0.1) is 0 Å². The van der Waals surface area contributed by atoms with Gasteiger partial charge in [-0.05, 0) is 30.9 Å². The predicted molar refractivity (Wildman–Crippen MR) is 76.5 cm³/mol. The van der Waals surface area contributed by atoms with E-state index in [1.54, 1.807) is 0 Å². The second-order valence-corrected chi connectivity index (χ2v) is 5.16. The van der Waals surface area contributed by atoms with Gasteiger partial charge in [0.15, 0.2) is 0 Å². The van der Waals surface area contributed by atoms with Gasteiger partial charge in [-0.1, -0.05) is 6.92 Å². The lowest BCUT2D eigenvalue weighted by Gasteiger charge is -2.07. The molecule has 2 aromatic rings. The predicted octanol–water partition coefficient (Wildman–Crippen LogP) is 2.93. The molecule has 0 radical (unpaired) electrons. The summed E-state index contributed by atoms with van der Waals surface area (Å²) >= 11 is 1.86. The van der Waals surface area contributed by atoms with Crippen LogP contribution in [-0.4, -0.2) is 21.6 Å². The summed E-state index contributed by atoms with van der Waals surface area (Å²) in [6.45, 7) is 3.21. The van der Waals surface area contributed by atoms with Crippen LogP contribution in [0.4, 0.5) is 5.69 Å². The average Bonchev–Trinajstić information content (AvgIpc) is 2.65. The third kappa shape index (κ3) is 2.57. The highest BCUT2D eigenvalue weighted by molar-refractivity contribution is 7.98. The van der Waals surface area contributed by atoms with Gasteiger partial charge in [-0.25, -0.2) is 4.98 Å². The first kappa shape index (κ1) is 12.3. The summed E-state index contributed by atoms with van der Waals surface area (Å²) in [6.07, 6.45) is 4.27. The van der Waals surface area contributed by atoms with Crippen LogP contribution in [-0.2, 0) is 13.0 Å². The van der Waals surface area contributed by atoms with Crippen LogP contribution in [0.1, 0.15) is 19.2 Å². The summed E-state index contributed by atoms with van der Waals surface area (Å²) < 4.78 is 2.31. The Bertz CT molecular complexity index is 505. The van der Waals surface area contributed by atoms with Crippen LogP contribution < -0.4 is 5.73 Å². The van der Waals surface area contributed by atoms with E-state index in [0.29, 0.717) is 0 Å². The van der Waals surface area contributed by atoms with Crippen molar-refractivity contribution >= 4 is 28.5 Å². The molecule has 0 spiro atoms. The van der Waals surface area contributed by atoms with Gasteiger partial charge >= 0.3 is 0 Å². The lowest BCUT2D eigenvalue weighted by molar-refractivity contribution is 0.661. The fourth-order valence-corrected chi connectivity index (χ4v) is 2.43. The molecule has 0 bridgehead atoms. The number of aromatic nitrogens is 2. The SMILES string of the molecule is CCCn1c(CCSC)nc2ccc(N)cc21. The maximum atomic E-state index is 5.85. The Balaban J connectivity index is 2.46. The summed E-state index contributed by atoms with van der Waals surface area (Å²) in [7, 11) is 0. The van der Waals surface area contributed by atoms with E-state index >= 15 is 0 Å². The standard InChI is InChI=1S/C13H19N3S/c1-3-7-16-12-9-10(14)4-5-11(12)15-13(16)6-8-17-2/h4-5,9H,3,6-8,14H2,1-2H3. The van der Waals surface area contributed by atoms with E-state index < -0.39 is 0 Å². The van der Waals surface area contributed by atoms with Gasteiger partial charge in [0, 0.05) is 24.4 Å². The van der Waals surface area contributed by atoms with Crippen molar-refractivity contribution in [1.29, 1.82) is 0 Å². The number of imidazole rings is 1. The van der Waals surface area contributed by atoms with Crippen LogP contribution >= 0.6 is 11.8 Å². The Hall–Kier alpha value is -1.16. The first-order valence-corrected chi connectivity index (χ1v) is 7.39. The first-order valence-electron chi connectivity index (χ1n) is 5.99. The molecule has 0 saturated heterocycles. The normalized spacial score (nSPS) is 11.2. The molecule has 0 aliphatic carbocycles. The van der Waals surface area contributed by atoms with Crippen molar-refractivity contribution in [3.63, 3.8) is 0 Å². The highest BCUT2D eigenvalue weighted by Crippen LogP contribution is 2.20. The molecule has 2 N–H and O–H groups in total. The highest BCUT2D eigenvalue weighted by Gasteiger charge is 2.09. The number of hydrogen-bond acceptors (Lipinski definition) is 3. The van der Waals surface area contributed by atoms with E-state index in [1.165, 1.54) is 11.3 Å². The van der Waals surface area contributed by atoms with Crippen molar-refractivity contribution in [1.82, 2.24) is 9.55 Å². The number of thioether (sulfide) groups is 1. The van der Waals surface area contributed by atoms with Crippen LogP contribution in [0.5, 0.6) is 0 Å². The molecule has 0 unspecified atom stereocenters. The summed E-state index contributed by atoms with van der Waals surface area (Å²) in [5.74, 6) is 2.30. The van der Waals surface area contributed by atoms with Gasteiger partial charge in [0.25, 0.3) is 0 Å². The molecule has 1 aromatic carbocycles. The van der Waals surface area contributed by atoms with E-state index in [1.807, 2.05) is 30.0 Å². The smallest absolute Gasteiger partial charge is 0.110 e. The van der Waals surface area contributed by atoms with Crippen molar-refractivity contribution in [3.8, 4) is 0 Å². The number of nitrogens with zero attached hydrogens (tertiary/aromatic N) is 2. The monoisotopic (exact) mass is 249 g/mol. The van der Waals surface area contributed by atoms with Gasteiger partial charge in [0.2, 0.25) is 0 Å². The number of nitrogens with two attached hydrogens (primary N) is 1. The van der Waals surface area contributed by atoms with E-state index in [0.717, 1.165) is 36.3 Å². The van der Waals surface area contributed by atoms with E-state index in [9.17, 15) is 0 Å². The third-order valence-electron chi connectivity index (χ3n) is 2.83. The number of anilines is 1. The third-order valence-corrected chi connectivity index (χ3v) is 3.44. The Kier molecular flexibility index (Phi) is 3.94. The van der Waals surface area contributed by atoms with Crippen molar-refractivity contribution in [2.24, 2.45) is 0 Å². The average molecular weight is 249 g/mol. The van der Waals surface area contributed by atoms with Gasteiger partial charge in [-0.3, -0.25) is 0 Å². The van der Waals surface area contributed by atoms with Gasteiger partial charge in [0.1, 0.15) is 5.82 Å². The van der Waals surface area contributed by atoms with Crippen molar-refractivity contribution in [3.05, 3.63) is 24.0 Å². The minimum atomic E-state index is 0.811. The molecule has 17 heavy (non-hydrogen) atoms. The van der Waals surface area contributed by atoms with E-state index in [2.05, 4.69) is 17.7 Å². The fraction of sp³-hybridized carbons (Fsp3) is 0.462. The highest BCUT2D eigenvalue weighted by atomic mass is 32.2. The maximum absolute atomic E-state index is 5.85. The Morgan fingerprint density at radius 3 is 2.94 bits per heavy atom. The minimum absolute atomic E-state index is 0.811. The molecule has 0 fully saturated rings.